The molecular formula is C16H18BrNO. The number of allylic oxidation sites excluding steroid dienone is 2. The van der Waals surface area contributed by atoms with Crippen molar-refractivity contribution < 1.29 is 4.79 Å². The highest BCUT2D eigenvalue weighted by molar-refractivity contribution is 9.10. The molecule has 1 aromatic carbocycles. The van der Waals surface area contributed by atoms with Gasteiger partial charge in [0.2, 0.25) is 5.91 Å². The molecule has 0 spiro atoms. The van der Waals surface area contributed by atoms with Crippen molar-refractivity contribution in [3.05, 3.63) is 46.5 Å². The number of hydrogen-bond donors (Lipinski definition) is 1. The number of halogens is 1. The summed E-state index contributed by atoms with van der Waals surface area (Å²) < 4.78 is 1.08. The van der Waals surface area contributed by atoms with E-state index in [0.717, 1.165) is 30.2 Å². The molecule has 1 fully saturated rings. The van der Waals surface area contributed by atoms with Gasteiger partial charge in [-0.3, -0.25) is 4.79 Å². The van der Waals surface area contributed by atoms with Crippen LogP contribution in [-0.2, 0) is 10.3 Å². The lowest BCUT2D eigenvalue weighted by molar-refractivity contribution is -0.122. The fourth-order valence-electron chi connectivity index (χ4n) is 2.80. The van der Waals surface area contributed by atoms with Crippen molar-refractivity contribution in [2.75, 3.05) is 0 Å². The van der Waals surface area contributed by atoms with Crippen molar-refractivity contribution in [3.8, 4) is 0 Å². The van der Waals surface area contributed by atoms with Crippen LogP contribution in [0.25, 0.3) is 0 Å². The number of nitrogens with one attached hydrogen (secondary N) is 1. The molecule has 0 radical (unpaired) electrons. The van der Waals surface area contributed by atoms with Gasteiger partial charge in [-0.15, -0.1) is 0 Å². The maximum atomic E-state index is 12.1. The van der Waals surface area contributed by atoms with Gasteiger partial charge in [0.15, 0.2) is 0 Å². The van der Waals surface area contributed by atoms with Crippen LogP contribution in [0.5, 0.6) is 0 Å². The predicted octanol–water partition coefficient (Wildman–Crippen LogP) is 3.91. The van der Waals surface area contributed by atoms with E-state index in [4.69, 9.17) is 0 Å². The lowest BCUT2D eigenvalue weighted by Gasteiger charge is -2.19. The predicted molar refractivity (Wildman–Crippen MR) is 79.7 cm³/mol. The molecule has 1 unspecified atom stereocenters. The SMILES string of the molecule is O=C(CC1C=CCC1)NC1(c2ccc(Br)cc2)CC1. The van der Waals surface area contributed by atoms with Crippen LogP contribution < -0.4 is 5.32 Å². The molecule has 2 aliphatic carbocycles. The molecule has 0 bridgehead atoms. The number of carbonyl (C=O) groups is 1. The van der Waals surface area contributed by atoms with E-state index in [1.165, 1.54) is 5.56 Å². The fourth-order valence-corrected chi connectivity index (χ4v) is 3.07. The van der Waals surface area contributed by atoms with Crippen LogP contribution in [0.2, 0.25) is 0 Å². The molecule has 1 N–H and O–H groups in total. The zero-order chi connectivity index (χ0) is 13.3. The van der Waals surface area contributed by atoms with Gasteiger partial charge in [-0.2, -0.15) is 0 Å². The summed E-state index contributed by atoms with van der Waals surface area (Å²) in [5.41, 5.74) is 1.14. The van der Waals surface area contributed by atoms with E-state index in [1.54, 1.807) is 0 Å². The molecule has 1 saturated carbocycles. The molecule has 0 saturated heterocycles. The number of benzene rings is 1. The van der Waals surface area contributed by atoms with Crippen molar-refractivity contribution >= 4 is 21.8 Å². The number of rotatable bonds is 4. The summed E-state index contributed by atoms with van der Waals surface area (Å²) in [6, 6.07) is 8.29. The first-order chi connectivity index (χ1) is 9.18. The zero-order valence-electron chi connectivity index (χ0n) is 10.9. The highest BCUT2D eigenvalue weighted by Gasteiger charge is 2.45. The Balaban J connectivity index is 1.63. The van der Waals surface area contributed by atoms with E-state index in [2.05, 4.69) is 45.5 Å². The van der Waals surface area contributed by atoms with Gasteiger partial charge in [0.05, 0.1) is 5.54 Å². The quantitative estimate of drug-likeness (QED) is 0.837. The van der Waals surface area contributed by atoms with Crippen LogP contribution >= 0.6 is 15.9 Å². The Morgan fingerprint density at radius 3 is 2.63 bits per heavy atom. The first-order valence-corrected chi connectivity index (χ1v) is 7.71. The average Bonchev–Trinajstić information content (AvgIpc) is 2.98. The monoisotopic (exact) mass is 319 g/mol. The fraction of sp³-hybridized carbons (Fsp3) is 0.438. The van der Waals surface area contributed by atoms with Gasteiger partial charge < -0.3 is 5.32 Å². The molecule has 0 aromatic heterocycles. The molecule has 1 atom stereocenters. The Hall–Kier alpha value is -1.09. The van der Waals surface area contributed by atoms with Crippen LogP contribution in [0.4, 0.5) is 0 Å². The Morgan fingerprint density at radius 2 is 2.05 bits per heavy atom. The molecule has 100 valence electrons. The standard InChI is InChI=1S/C16H18BrNO/c17-14-7-5-13(6-8-14)16(9-10-16)18-15(19)11-12-3-1-2-4-12/h1,3,5-8,12H,2,4,9-11H2,(H,18,19). The van der Waals surface area contributed by atoms with Crippen molar-refractivity contribution in [2.45, 2.75) is 37.6 Å². The van der Waals surface area contributed by atoms with E-state index in [-0.39, 0.29) is 11.4 Å². The lowest BCUT2D eigenvalue weighted by atomic mass is 10.0. The molecule has 0 heterocycles. The molecular weight excluding hydrogens is 302 g/mol. The van der Waals surface area contributed by atoms with E-state index >= 15 is 0 Å². The zero-order valence-corrected chi connectivity index (χ0v) is 12.4. The second kappa shape index (κ2) is 5.12. The van der Waals surface area contributed by atoms with Crippen LogP contribution in [0, 0.1) is 5.92 Å². The molecule has 0 aliphatic heterocycles. The largest absolute Gasteiger partial charge is 0.347 e. The van der Waals surface area contributed by atoms with Gasteiger partial charge in [0, 0.05) is 10.9 Å². The number of amides is 1. The van der Waals surface area contributed by atoms with Crippen LogP contribution in [-0.4, -0.2) is 5.91 Å². The maximum Gasteiger partial charge on any atom is 0.221 e. The van der Waals surface area contributed by atoms with Crippen LogP contribution in [0.1, 0.15) is 37.7 Å². The van der Waals surface area contributed by atoms with Crippen LogP contribution in [0.15, 0.2) is 40.9 Å². The first kappa shape index (κ1) is 12.9. The average molecular weight is 320 g/mol. The van der Waals surface area contributed by atoms with E-state index < -0.39 is 0 Å². The number of carbonyl (C=O) groups excluding carboxylic acids is 1. The van der Waals surface area contributed by atoms with Crippen molar-refractivity contribution in [1.29, 1.82) is 0 Å². The molecule has 2 aliphatic rings. The second-order valence-corrected chi connectivity index (χ2v) is 6.52. The minimum atomic E-state index is -0.0832. The summed E-state index contributed by atoms with van der Waals surface area (Å²) in [6.45, 7) is 0. The van der Waals surface area contributed by atoms with E-state index in [0.29, 0.717) is 12.3 Å². The minimum absolute atomic E-state index is 0.0832. The van der Waals surface area contributed by atoms with Gasteiger partial charge in [-0.05, 0) is 49.3 Å². The van der Waals surface area contributed by atoms with E-state index in [9.17, 15) is 4.79 Å². The Morgan fingerprint density at radius 1 is 1.32 bits per heavy atom. The maximum absolute atomic E-state index is 12.1. The van der Waals surface area contributed by atoms with Crippen molar-refractivity contribution in [1.82, 2.24) is 5.32 Å². The summed E-state index contributed by atoms with van der Waals surface area (Å²) >= 11 is 3.45. The normalized spacial score (nSPS) is 23.3. The Labute approximate surface area is 122 Å². The minimum Gasteiger partial charge on any atom is -0.347 e. The second-order valence-electron chi connectivity index (χ2n) is 5.61. The van der Waals surface area contributed by atoms with Crippen LogP contribution in [0.3, 0.4) is 0 Å². The molecule has 3 rings (SSSR count). The number of hydrogen-bond acceptors (Lipinski definition) is 1. The van der Waals surface area contributed by atoms with Gasteiger partial charge in [0.25, 0.3) is 0 Å². The van der Waals surface area contributed by atoms with Gasteiger partial charge in [-0.1, -0.05) is 40.2 Å². The summed E-state index contributed by atoms with van der Waals surface area (Å²) in [6.07, 6.45) is 9.35. The van der Waals surface area contributed by atoms with Gasteiger partial charge in [0.1, 0.15) is 0 Å². The summed E-state index contributed by atoms with van der Waals surface area (Å²) in [5, 5.41) is 3.24. The molecule has 3 heteroatoms. The summed E-state index contributed by atoms with van der Waals surface area (Å²) in [5.74, 6) is 0.637. The summed E-state index contributed by atoms with van der Waals surface area (Å²) in [7, 11) is 0. The van der Waals surface area contributed by atoms with Crippen molar-refractivity contribution in [2.24, 2.45) is 5.92 Å². The topological polar surface area (TPSA) is 29.1 Å². The lowest BCUT2D eigenvalue weighted by Crippen LogP contribution is -2.35. The van der Waals surface area contributed by atoms with Gasteiger partial charge in [-0.25, -0.2) is 0 Å². The van der Waals surface area contributed by atoms with Crippen molar-refractivity contribution in [3.63, 3.8) is 0 Å². The van der Waals surface area contributed by atoms with Gasteiger partial charge >= 0.3 is 0 Å². The highest BCUT2D eigenvalue weighted by Crippen LogP contribution is 2.45. The summed E-state index contributed by atoms with van der Waals surface area (Å²) in [4.78, 5) is 12.1. The first-order valence-electron chi connectivity index (χ1n) is 6.92. The molecule has 1 aromatic rings. The molecule has 2 nitrogen and oxygen atoms in total. The molecule has 1 amide bonds. The Kier molecular flexibility index (Phi) is 3.48. The van der Waals surface area contributed by atoms with E-state index in [1.807, 2.05) is 12.1 Å². The third-order valence-electron chi connectivity index (χ3n) is 4.09. The molecule has 19 heavy (non-hydrogen) atoms. The highest BCUT2D eigenvalue weighted by atomic mass is 79.9. The smallest absolute Gasteiger partial charge is 0.221 e. The third-order valence-corrected chi connectivity index (χ3v) is 4.61. The Bertz CT molecular complexity index is 502. The third kappa shape index (κ3) is 2.92.